The van der Waals surface area contributed by atoms with Crippen molar-refractivity contribution in [3.8, 4) is 0 Å². The highest BCUT2D eigenvalue weighted by molar-refractivity contribution is 6.04. The summed E-state index contributed by atoms with van der Waals surface area (Å²) in [6, 6.07) is 17.5. The number of para-hydroxylation sites is 1. The maximum Gasteiger partial charge on any atom is 0.341 e. The standard InChI is InChI=1S/C22H24N2O3/c1-3-16(17-9-5-4-6-10-17)13-24-21(25)15(2)27-22(26)19-14-23-20-12-8-7-11-18(19)20/h4-12,14-16,23H,3,13H2,1-2H3,(H,24,25)/t15-,16+/m1/s1. The van der Waals surface area contributed by atoms with E-state index in [9.17, 15) is 9.59 Å². The zero-order valence-electron chi connectivity index (χ0n) is 15.6. The lowest BCUT2D eigenvalue weighted by molar-refractivity contribution is -0.129. The molecule has 5 nitrogen and oxygen atoms in total. The zero-order valence-corrected chi connectivity index (χ0v) is 15.6. The van der Waals surface area contributed by atoms with Crippen LogP contribution in [0, 0.1) is 0 Å². The van der Waals surface area contributed by atoms with Gasteiger partial charge in [-0.25, -0.2) is 4.79 Å². The fraction of sp³-hybridized carbons (Fsp3) is 0.273. The molecule has 2 N–H and O–H groups in total. The lowest BCUT2D eigenvalue weighted by Crippen LogP contribution is -2.38. The van der Waals surface area contributed by atoms with Crippen LogP contribution in [0.15, 0.2) is 60.8 Å². The Morgan fingerprint density at radius 2 is 1.78 bits per heavy atom. The van der Waals surface area contributed by atoms with Crippen LogP contribution in [0.5, 0.6) is 0 Å². The van der Waals surface area contributed by atoms with Crippen LogP contribution >= 0.6 is 0 Å². The summed E-state index contributed by atoms with van der Waals surface area (Å²) in [5.41, 5.74) is 2.47. The molecule has 1 heterocycles. The monoisotopic (exact) mass is 364 g/mol. The Hall–Kier alpha value is -3.08. The summed E-state index contributed by atoms with van der Waals surface area (Å²) in [7, 11) is 0. The molecule has 27 heavy (non-hydrogen) atoms. The quantitative estimate of drug-likeness (QED) is 0.622. The Labute approximate surface area is 158 Å². The molecule has 2 atom stereocenters. The third-order valence-corrected chi connectivity index (χ3v) is 4.75. The summed E-state index contributed by atoms with van der Waals surface area (Å²) in [5, 5.41) is 3.68. The van der Waals surface area contributed by atoms with E-state index in [2.05, 4.69) is 29.4 Å². The third-order valence-electron chi connectivity index (χ3n) is 4.75. The largest absolute Gasteiger partial charge is 0.449 e. The predicted molar refractivity (Wildman–Crippen MR) is 106 cm³/mol. The molecule has 5 heteroatoms. The normalized spacial score (nSPS) is 13.1. The van der Waals surface area contributed by atoms with Gasteiger partial charge in [0.1, 0.15) is 0 Å². The molecule has 3 rings (SSSR count). The van der Waals surface area contributed by atoms with Crippen molar-refractivity contribution in [2.24, 2.45) is 0 Å². The summed E-state index contributed by atoms with van der Waals surface area (Å²) in [5.74, 6) is -0.575. The van der Waals surface area contributed by atoms with Crippen molar-refractivity contribution in [2.45, 2.75) is 32.3 Å². The van der Waals surface area contributed by atoms with E-state index < -0.39 is 12.1 Å². The molecule has 1 amide bonds. The molecule has 0 fully saturated rings. The number of hydrogen-bond donors (Lipinski definition) is 2. The van der Waals surface area contributed by atoms with Crippen molar-refractivity contribution < 1.29 is 14.3 Å². The van der Waals surface area contributed by atoms with Crippen LogP contribution in [-0.4, -0.2) is 29.5 Å². The van der Waals surface area contributed by atoms with Crippen molar-refractivity contribution in [1.82, 2.24) is 10.3 Å². The van der Waals surface area contributed by atoms with Gasteiger partial charge in [0.2, 0.25) is 0 Å². The van der Waals surface area contributed by atoms with Gasteiger partial charge >= 0.3 is 5.97 Å². The van der Waals surface area contributed by atoms with Gasteiger partial charge in [-0.15, -0.1) is 0 Å². The fourth-order valence-corrected chi connectivity index (χ4v) is 3.11. The van der Waals surface area contributed by atoms with E-state index in [-0.39, 0.29) is 11.8 Å². The first-order valence-electron chi connectivity index (χ1n) is 9.20. The number of hydrogen-bond acceptors (Lipinski definition) is 3. The Morgan fingerprint density at radius 3 is 2.52 bits per heavy atom. The minimum absolute atomic E-state index is 0.228. The Kier molecular flexibility index (Phi) is 5.91. The number of carbonyl (C=O) groups is 2. The molecule has 140 valence electrons. The number of ether oxygens (including phenoxy) is 1. The number of aromatic nitrogens is 1. The minimum Gasteiger partial charge on any atom is -0.449 e. The molecule has 0 bridgehead atoms. The second-order valence-corrected chi connectivity index (χ2v) is 6.56. The molecule has 0 saturated heterocycles. The fourth-order valence-electron chi connectivity index (χ4n) is 3.11. The molecule has 0 unspecified atom stereocenters. The molecule has 2 aromatic carbocycles. The van der Waals surface area contributed by atoms with Crippen LogP contribution in [-0.2, 0) is 9.53 Å². The van der Waals surface area contributed by atoms with Crippen LogP contribution in [0.2, 0.25) is 0 Å². The molecule has 0 saturated carbocycles. The second kappa shape index (κ2) is 8.54. The first kappa shape index (κ1) is 18.7. The zero-order chi connectivity index (χ0) is 19.2. The first-order chi connectivity index (χ1) is 13.1. The summed E-state index contributed by atoms with van der Waals surface area (Å²) < 4.78 is 5.37. The van der Waals surface area contributed by atoms with Gasteiger partial charge in [-0.2, -0.15) is 0 Å². The summed E-state index contributed by atoms with van der Waals surface area (Å²) in [6.45, 7) is 4.18. The van der Waals surface area contributed by atoms with Crippen molar-refractivity contribution in [3.05, 3.63) is 71.9 Å². The van der Waals surface area contributed by atoms with Crippen LogP contribution in [0.3, 0.4) is 0 Å². The van der Waals surface area contributed by atoms with E-state index in [1.807, 2.05) is 42.5 Å². The lowest BCUT2D eigenvalue weighted by Gasteiger charge is -2.18. The molecule has 0 radical (unpaired) electrons. The number of esters is 1. The summed E-state index contributed by atoms with van der Waals surface area (Å²) in [4.78, 5) is 27.8. The molecule has 0 aliphatic heterocycles. The highest BCUT2D eigenvalue weighted by Gasteiger charge is 2.21. The van der Waals surface area contributed by atoms with Gasteiger partial charge in [-0.05, 0) is 25.0 Å². The van der Waals surface area contributed by atoms with Crippen molar-refractivity contribution in [1.29, 1.82) is 0 Å². The van der Waals surface area contributed by atoms with E-state index >= 15 is 0 Å². The van der Waals surface area contributed by atoms with Crippen molar-refractivity contribution >= 4 is 22.8 Å². The van der Waals surface area contributed by atoms with Gasteiger partial charge in [-0.1, -0.05) is 55.5 Å². The number of nitrogens with one attached hydrogen (secondary N) is 2. The Bertz CT molecular complexity index is 917. The van der Waals surface area contributed by atoms with E-state index in [1.165, 1.54) is 5.56 Å². The molecule has 0 aliphatic carbocycles. The minimum atomic E-state index is -0.862. The maximum atomic E-state index is 12.4. The first-order valence-corrected chi connectivity index (χ1v) is 9.20. The molecule has 0 spiro atoms. The predicted octanol–water partition coefficient (Wildman–Crippen LogP) is 4.02. The van der Waals surface area contributed by atoms with Gasteiger partial charge in [0, 0.05) is 29.6 Å². The second-order valence-electron chi connectivity index (χ2n) is 6.56. The van der Waals surface area contributed by atoms with Crippen LogP contribution in [0.4, 0.5) is 0 Å². The van der Waals surface area contributed by atoms with Crippen LogP contribution in [0.25, 0.3) is 10.9 Å². The molecular weight excluding hydrogens is 340 g/mol. The Balaban J connectivity index is 1.58. The summed E-state index contributed by atoms with van der Waals surface area (Å²) >= 11 is 0. The number of H-pyrrole nitrogens is 1. The van der Waals surface area contributed by atoms with Gasteiger partial charge in [-0.3, -0.25) is 4.79 Å². The third kappa shape index (κ3) is 4.37. The number of benzene rings is 2. The number of aromatic amines is 1. The van der Waals surface area contributed by atoms with Gasteiger partial charge < -0.3 is 15.0 Å². The van der Waals surface area contributed by atoms with E-state index in [4.69, 9.17) is 4.74 Å². The van der Waals surface area contributed by atoms with Gasteiger partial charge in [0.15, 0.2) is 6.10 Å². The molecular formula is C22H24N2O3. The number of carbonyl (C=O) groups excluding carboxylic acids is 2. The van der Waals surface area contributed by atoms with Crippen LogP contribution in [0.1, 0.15) is 42.1 Å². The molecule has 0 aliphatic rings. The van der Waals surface area contributed by atoms with Crippen molar-refractivity contribution in [2.75, 3.05) is 6.54 Å². The number of rotatable bonds is 7. The summed E-state index contributed by atoms with van der Waals surface area (Å²) in [6.07, 6.45) is 1.66. The number of amides is 1. The van der Waals surface area contributed by atoms with Gasteiger partial charge in [0.25, 0.3) is 5.91 Å². The molecule has 3 aromatic rings. The topological polar surface area (TPSA) is 71.2 Å². The Morgan fingerprint density at radius 1 is 1.07 bits per heavy atom. The average Bonchev–Trinajstić information content (AvgIpc) is 3.13. The van der Waals surface area contributed by atoms with Gasteiger partial charge in [0.05, 0.1) is 5.56 Å². The van der Waals surface area contributed by atoms with E-state index in [1.54, 1.807) is 13.1 Å². The maximum absolute atomic E-state index is 12.4. The lowest BCUT2D eigenvalue weighted by atomic mass is 9.96. The smallest absolute Gasteiger partial charge is 0.341 e. The number of fused-ring (bicyclic) bond motifs is 1. The molecule has 1 aromatic heterocycles. The highest BCUT2D eigenvalue weighted by atomic mass is 16.5. The van der Waals surface area contributed by atoms with Crippen LogP contribution < -0.4 is 5.32 Å². The van der Waals surface area contributed by atoms with E-state index in [0.29, 0.717) is 12.1 Å². The average molecular weight is 364 g/mol. The van der Waals surface area contributed by atoms with Crippen molar-refractivity contribution in [3.63, 3.8) is 0 Å². The van der Waals surface area contributed by atoms with E-state index in [0.717, 1.165) is 17.3 Å². The SMILES string of the molecule is CC[C@@H](CNC(=O)[C@@H](C)OC(=O)c1c[nH]c2ccccc12)c1ccccc1. The highest BCUT2D eigenvalue weighted by Crippen LogP contribution is 2.20.